The van der Waals surface area contributed by atoms with E-state index in [0.29, 0.717) is 12.6 Å². The van der Waals surface area contributed by atoms with Crippen LogP contribution in [0.15, 0.2) is 30.3 Å². The lowest BCUT2D eigenvalue weighted by molar-refractivity contribution is 0.0606. The van der Waals surface area contributed by atoms with Gasteiger partial charge >= 0.3 is 0 Å². The van der Waals surface area contributed by atoms with Gasteiger partial charge in [-0.05, 0) is 30.7 Å². The number of hydrogen-bond donors (Lipinski definition) is 1. The molecule has 2 heteroatoms. The molecule has 0 aromatic heterocycles. The highest BCUT2D eigenvalue weighted by Crippen LogP contribution is 2.27. The fourth-order valence-electron chi connectivity index (χ4n) is 2.52. The Bertz CT molecular complexity index is 376. The average Bonchev–Trinajstić information content (AvgIpc) is 2.45. The van der Waals surface area contributed by atoms with Gasteiger partial charge in [0.1, 0.15) is 0 Å². The molecule has 1 atom stereocenters. The summed E-state index contributed by atoms with van der Waals surface area (Å²) in [7, 11) is 0. The minimum atomic E-state index is 0.366. The molecule has 96 valence electrons. The van der Waals surface area contributed by atoms with Crippen molar-refractivity contribution in [3.8, 4) is 12.3 Å². The third-order valence-corrected chi connectivity index (χ3v) is 3.56. The zero-order valence-electron chi connectivity index (χ0n) is 10.8. The van der Waals surface area contributed by atoms with E-state index in [2.05, 4.69) is 41.6 Å². The molecule has 18 heavy (non-hydrogen) atoms. The van der Waals surface area contributed by atoms with Crippen LogP contribution in [0.5, 0.6) is 0 Å². The summed E-state index contributed by atoms with van der Waals surface area (Å²) in [4.78, 5) is 0. The number of rotatable bonds is 5. The summed E-state index contributed by atoms with van der Waals surface area (Å²) < 4.78 is 5.42. The molecule has 1 aliphatic heterocycles. The van der Waals surface area contributed by atoms with Gasteiger partial charge in [-0.2, -0.15) is 0 Å². The highest BCUT2D eigenvalue weighted by molar-refractivity contribution is 5.19. The molecule has 0 spiro atoms. The fourth-order valence-corrected chi connectivity index (χ4v) is 2.52. The van der Waals surface area contributed by atoms with Gasteiger partial charge in [-0.25, -0.2) is 0 Å². The minimum Gasteiger partial charge on any atom is -0.381 e. The highest BCUT2D eigenvalue weighted by Gasteiger charge is 2.19. The third kappa shape index (κ3) is 3.87. The van der Waals surface area contributed by atoms with Crippen molar-refractivity contribution < 1.29 is 4.74 Å². The van der Waals surface area contributed by atoms with Crippen LogP contribution < -0.4 is 5.32 Å². The summed E-state index contributed by atoms with van der Waals surface area (Å²) in [6, 6.07) is 10.9. The van der Waals surface area contributed by atoms with Crippen molar-refractivity contribution in [3.63, 3.8) is 0 Å². The predicted octanol–water partition coefficient (Wildman–Crippen LogP) is 2.77. The number of benzene rings is 1. The Morgan fingerprint density at radius 1 is 1.28 bits per heavy atom. The van der Waals surface area contributed by atoms with Gasteiger partial charge in [-0.15, -0.1) is 6.42 Å². The maximum absolute atomic E-state index is 5.42. The maximum Gasteiger partial charge on any atom is 0.0578 e. The van der Waals surface area contributed by atoms with E-state index in [4.69, 9.17) is 11.2 Å². The van der Waals surface area contributed by atoms with E-state index in [1.54, 1.807) is 0 Å². The number of hydrogen-bond acceptors (Lipinski definition) is 2. The van der Waals surface area contributed by atoms with E-state index in [9.17, 15) is 0 Å². The molecule has 1 saturated heterocycles. The van der Waals surface area contributed by atoms with Crippen molar-refractivity contribution in [2.45, 2.75) is 25.3 Å². The van der Waals surface area contributed by atoms with Crippen molar-refractivity contribution in [2.24, 2.45) is 5.92 Å². The minimum absolute atomic E-state index is 0.366. The molecule has 2 rings (SSSR count). The summed E-state index contributed by atoms with van der Waals surface area (Å²) in [5, 5.41) is 3.46. The Kier molecular flexibility index (Phi) is 5.26. The van der Waals surface area contributed by atoms with Crippen LogP contribution in [0.1, 0.15) is 30.9 Å². The Balaban J connectivity index is 1.98. The topological polar surface area (TPSA) is 21.3 Å². The van der Waals surface area contributed by atoms with Gasteiger partial charge in [-0.3, -0.25) is 5.32 Å². The van der Waals surface area contributed by atoms with Crippen molar-refractivity contribution in [1.82, 2.24) is 5.32 Å². The summed E-state index contributed by atoms with van der Waals surface area (Å²) in [5.41, 5.74) is 1.33. The van der Waals surface area contributed by atoms with E-state index in [-0.39, 0.29) is 0 Å². The molecule has 0 aliphatic carbocycles. The smallest absolute Gasteiger partial charge is 0.0578 e. The molecule has 1 fully saturated rings. The van der Waals surface area contributed by atoms with Crippen molar-refractivity contribution in [1.29, 1.82) is 0 Å². The highest BCUT2D eigenvalue weighted by atomic mass is 16.5. The normalized spacial score (nSPS) is 18.2. The second kappa shape index (κ2) is 7.20. The number of ether oxygens (including phenoxy) is 1. The number of nitrogens with one attached hydrogen (secondary N) is 1. The van der Waals surface area contributed by atoms with Gasteiger partial charge in [0, 0.05) is 19.3 Å². The summed E-state index contributed by atoms with van der Waals surface area (Å²) in [6.07, 6.45) is 8.84. The van der Waals surface area contributed by atoms with Crippen LogP contribution in [0, 0.1) is 18.3 Å². The second-order valence-electron chi connectivity index (χ2n) is 4.84. The first-order valence-electron chi connectivity index (χ1n) is 6.69. The molecule has 0 saturated carbocycles. The molecule has 0 unspecified atom stereocenters. The maximum atomic E-state index is 5.42. The van der Waals surface area contributed by atoms with Crippen LogP contribution in [-0.2, 0) is 4.74 Å². The standard InChI is InChI=1S/C16H21NO/c1-2-10-17-16(15-6-4-3-5-7-15)13-14-8-11-18-12-9-14/h1,3-7,14,16-17H,8-13H2/t16-/m1/s1. The zero-order chi connectivity index (χ0) is 12.6. The largest absolute Gasteiger partial charge is 0.381 e. The second-order valence-corrected chi connectivity index (χ2v) is 4.84. The van der Waals surface area contributed by atoms with E-state index >= 15 is 0 Å². The summed E-state index contributed by atoms with van der Waals surface area (Å²) >= 11 is 0. The van der Waals surface area contributed by atoms with Crippen LogP contribution in [0.4, 0.5) is 0 Å². The van der Waals surface area contributed by atoms with Gasteiger partial charge in [0.2, 0.25) is 0 Å². The molecule has 0 amide bonds. The van der Waals surface area contributed by atoms with Crippen LogP contribution in [0.25, 0.3) is 0 Å². The molecule has 1 aromatic carbocycles. The quantitative estimate of drug-likeness (QED) is 0.803. The predicted molar refractivity (Wildman–Crippen MR) is 74.2 cm³/mol. The molecule has 0 bridgehead atoms. The molecule has 1 aliphatic rings. The molecule has 1 aromatic rings. The molecular weight excluding hydrogens is 222 g/mol. The first kappa shape index (κ1) is 13.1. The van der Waals surface area contributed by atoms with Crippen LogP contribution >= 0.6 is 0 Å². The lowest BCUT2D eigenvalue weighted by atomic mass is 9.89. The monoisotopic (exact) mass is 243 g/mol. The molecule has 0 radical (unpaired) electrons. The Morgan fingerprint density at radius 3 is 2.67 bits per heavy atom. The number of terminal acetylenes is 1. The van der Waals surface area contributed by atoms with Crippen LogP contribution in [0.3, 0.4) is 0 Å². The summed E-state index contributed by atoms with van der Waals surface area (Å²) in [5.74, 6) is 3.41. The SMILES string of the molecule is C#CCN[C@H](CC1CCOCC1)c1ccccc1. The van der Waals surface area contributed by atoms with E-state index in [1.807, 2.05) is 0 Å². The van der Waals surface area contributed by atoms with Crippen molar-refractivity contribution >= 4 is 0 Å². The van der Waals surface area contributed by atoms with Gasteiger partial charge < -0.3 is 4.74 Å². The molecule has 2 nitrogen and oxygen atoms in total. The first-order valence-corrected chi connectivity index (χ1v) is 6.69. The lowest BCUT2D eigenvalue weighted by Crippen LogP contribution is -2.26. The summed E-state index contributed by atoms with van der Waals surface area (Å²) in [6.45, 7) is 2.44. The molecular formula is C16H21NO. The van der Waals surface area contributed by atoms with Gasteiger partial charge in [0.15, 0.2) is 0 Å². The van der Waals surface area contributed by atoms with Crippen molar-refractivity contribution in [2.75, 3.05) is 19.8 Å². The molecule has 1 N–H and O–H groups in total. The first-order chi connectivity index (χ1) is 8.90. The van der Waals surface area contributed by atoms with E-state index in [0.717, 1.165) is 25.6 Å². The van der Waals surface area contributed by atoms with Gasteiger partial charge in [0.05, 0.1) is 6.54 Å². The van der Waals surface area contributed by atoms with Crippen LogP contribution in [-0.4, -0.2) is 19.8 Å². The van der Waals surface area contributed by atoms with Crippen molar-refractivity contribution in [3.05, 3.63) is 35.9 Å². The van der Waals surface area contributed by atoms with Gasteiger partial charge in [0.25, 0.3) is 0 Å². The Morgan fingerprint density at radius 2 is 2.00 bits per heavy atom. The van der Waals surface area contributed by atoms with E-state index in [1.165, 1.54) is 18.4 Å². The van der Waals surface area contributed by atoms with Crippen LogP contribution in [0.2, 0.25) is 0 Å². The molecule has 1 heterocycles. The third-order valence-electron chi connectivity index (χ3n) is 3.56. The van der Waals surface area contributed by atoms with E-state index < -0.39 is 0 Å². The zero-order valence-corrected chi connectivity index (χ0v) is 10.8. The fraction of sp³-hybridized carbons (Fsp3) is 0.500. The lowest BCUT2D eigenvalue weighted by Gasteiger charge is -2.27. The average molecular weight is 243 g/mol. The Hall–Kier alpha value is -1.30. The Labute approximate surface area is 110 Å². The van der Waals surface area contributed by atoms with Gasteiger partial charge in [-0.1, -0.05) is 36.3 Å².